The molecule has 1 aromatic heterocycles. The molecule has 1 amide bonds. The van der Waals surface area contributed by atoms with Gasteiger partial charge in [-0.25, -0.2) is 0 Å². The molecule has 82 valence electrons. The number of nitrogens with one attached hydrogen (secondary N) is 2. The van der Waals surface area contributed by atoms with Gasteiger partial charge in [0.1, 0.15) is 0 Å². The number of carbonyl (C=O) groups is 1. The van der Waals surface area contributed by atoms with E-state index >= 15 is 0 Å². The van der Waals surface area contributed by atoms with Crippen molar-refractivity contribution in [1.82, 2.24) is 4.98 Å². The van der Waals surface area contributed by atoms with E-state index in [1.54, 1.807) is 0 Å². The fourth-order valence-corrected chi connectivity index (χ4v) is 1.66. The first kappa shape index (κ1) is 10.4. The van der Waals surface area contributed by atoms with Crippen LogP contribution in [0.2, 0.25) is 0 Å². The van der Waals surface area contributed by atoms with Crippen LogP contribution in [0.25, 0.3) is 10.9 Å². The van der Waals surface area contributed by atoms with Gasteiger partial charge in [-0.2, -0.15) is 0 Å². The molecular formula is C12H12N2O2. The van der Waals surface area contributed by atoms with E-state index in [4.69, 9.17) is 0 Å². The van der Waals surface area contributed by atoms with Gasteiger partial charge >= 0.3 is 0 Å². The van der Waals surface area contributed by atoms with Crippen molar-refractivity contribution in [3.8, 4) is 0 Å². The number of fused-ring (bicyclic) bond motifs is 1. The number of aromatic amines is 1. The second-order valence-electron chi connectivity index (χ2n) is 3.78. The first-order valence-corrected chi connectivity index (χ1v) is 4.97. The Labute approximate surface area is 92.3 Å². The lowest BCUT2D eigenvalue weighted by atomic mass is 10.1. The largest absolute Gasteiger partial charge is 0.326 e. The number of anilines is 1. The minimum atomic E-state index is -0.222. The summed E-state index contributed by atoms with van der Waals surface area (Å²) in [6.45, 7) is 3.38. The first-order chi connectivity index (χ1) is 7.56. The van der Waals surface area contributed by atoms with Gasteiger partial charge in [-0.1, -0.05) is 11.6 Å². The lowest BCUT2D eigenvalue weighted by molar-refractivity contribution is -0.114. The molecule has 2 N–H and O–H groups in total. The van der Waals surface area contributed by atoms with E-state index in [1.165, 1.54) is 13.0 Å². The van der Waals surface area contributed by atoms with E-state index in [0.717, 1.165) is 16.5 Å². The van der Waals surface area contributed by atoms with Crippen LogP contribution in [0.5, 0.6) is 0 Å². The molecule has 2 aromatic rings. The maximum Gasteiger partial charge on any atom is 0.250 e. The molecule has 0 aliphatic carbocycles. The molecule has 2 rings (SSSR count). The van der Waals surface area contributed by atoms with Crippen LogP contribution in [-0.2, 0) is 4.79 Å². The third-order valence-corrected chi connectivity index (χ3v) is 2.31. The molecule has 0 radical (unpaired) electrons. The van der Waals surface area contributed by atoms with Crippen LogP contribution in [-0.4, -0.2) is 10.9 Å². The lowest BCUT2D eigenvalue weighted by Crippen LogP contribution is -2.11. The lowest BCUT2D eigenvalue weighted by Gasteiger charge is -2.07. The molecule has 0 saturated heterocycles. The summed E-state index contributed by atoms with van der Waals surface area (Å²) in [6.07, 6.45) is 0. The van der Waals surface area contributed by atoms with Crippen LogP contribution in [0.15, 0.2) is 29.1 Å². The topological polar surface area (TPSA) is 62.0 Å². The molecule has 0 saturated carbocycles. The van der Waals surface area contributed by atoms with E-state index < -0.39 is 0 Å². The van der Waals surface area contributed by atoms with Crippen molar-refractivity contribution in [2.45, 2.75) is 13.8 Å². The molecule has 0 fully saturated rings. The zero-order chi connectivity index (χ0) is 11.7. The highest BCUT2D eigenvalue weighted by atomic mass is 16.1. The van der Waals surface area contributed by atoms with Gasteiger partial charge in [0, 0.05) is 18.4 Å². The summed E-state index contributed by atoms with van der Waals surface area (Å²) >= 11 is 0. The summed E-state index contributed by atoms with van der Waals surface area (Å²) in [5, 5.41) is 3.50. The average molecular weight is 216 g/mol. The van der Waals surface area contributed by atoms with E-state index in [1.807, 2.05) is 25.1 Å². The zero-order valence-corrected chi connectivity index (χ0v) is 9.13. The Hall–Kier alpha value is -2.10. The quantitative estimate of drug-likeness (QED) is 0.763. The van der Waals surface area contributed by atoms with Gasteiger partial charge in [-0.3, -0.25) is 9.59 Å². The summed E-state index contributed by atoms with van der Waals surface area (Å²) < 4.78 is 0. The van der Waals surface area contributed by atoms with Crippen LogP contribution >= 0.6 is 0 Å². The second kappa shape index (κ2) is 3.81. The Kier molecular flexibility index (Phi) is 2.48. The average Bonchev–Trinajstić information content (AvgIpc) is 2.18. The van der Waals surface area contributed by atoms with Crippen molar-refractivity contribution in [1.29, 1.82) is 0 Å². The molecular weight excluding hydrogens is 204 g/mol. The fourth-order valence-electron chi connectivity index (χ4n) is 1.66. The Balaban J connectivity index is 2.74. The minimum absolute atomic E-state index is 0.187. The van der Waals surface area contributed by atoms with Gasteiger partial charge < -0.3 is 10.3 Å². The fraction of sp³-hybridized carbons (Fsp3) is 0.167. The maximum atomic E-state index is 11.4. The maximum absolute atomic E-state index is 11.4. The van der Waals surface area contributed by atoms with Crippen molar-refractivity contribution >= 4 is 22.5 Å². The standard InChI is InChI=1S/C12H12N2O2/c1-7-3-4-10-9(5-7)11(13-8(2)15)6-12(16)14-10/h3-6H,1-2H3,(H2,13,14,15,16). The SMILES string of the molecule is CC(=O)Nc1cc(=O)[nH]c2ccc(C)cc12. The number of carbonyl (C=O) groups excluding carboxylic acids is 1. The summed E-state index contributed by atoms with van der Waals surface area (Å²) in [5.41, 5.74) is 2.13. The number of hydrogen-bond acceptors (Lipinski definition) is 2. The van der Waals surface area contributed by atoms with Gasteiger partial charge in [0.2, 0.25) is 11.5 Å². The number of benzene rings is 1. The van der Waals surface area contributed by atoms with Crippen molar-refractivity contribution in [2.75, 3.05) is 5.32 Å². The highest BCUT2D eigenvalue weighted by Crippen LogP contribution is 2.20. The summed E-state index contributed by atoms with van der Waals surface area (Å²) in [6, 6.07) is 7.06. The van der Waals surface area contributed by atoms with Crippen LogP contribution in [0.1, 0.15) is 12.5 Å². The molecule has 0 unspecified atom stereocenters. The number of aryl methyl sites for hydroxylation is 1. The predicted molar refractivity (Wildman–Crippen MR) is 63.6 cm³/mol. The number of H-pyrrole nitrogens is 1. The predicted octanol–water partition coefficient (Wildman–Crippen LogP) is 1.79. The number of amides is 1. The molecule has 0 spiro atoms. The molecule has 0 aliphatic rings. The highest BCUT2D eigenvalue weighted by Gasteiger charge is 2.04. The zero-order valence-electron chi connectivity index (χ0n) is 9.13. The van der Waals surface area contributed by atoms with Gasteiger partial charge in [0.15, 0.2) is 0 Å². The van der Waals surface area contributed by atoms with E-state index in [2.05, 4.69) is 10.3 Å². The molecule has 4 nitrogen and oxygen atoms in total. The third-order valence-electron chi connectivity index (χ3n) is 2.31. The smallest absolute Gasteiger partial charge is 0.250 e. The van der Waals surface area contributed by atoms with Crippen molar-refractivity contribution in [3.63, 3.8) is 0 Å². The molecule has 16 heavy (non-hydrogen) atoms. The summed E-state index contributed by atoms with van der Waals surface area (Å²) in [5.74, 6) is -0.187. The van der Waals surface area contributed by atoms with Crippen LogP contribution < -0.4 is 10.9 Å². The Bertz CT molecular complexity index is 614. The van der Waals surface area contributed by atoms with Crippen LogP contribution in [0.3, 0.4) is 0 Å². The van der Waals surface area contributed by atoms with Crippen molar-refractivity contribution in [3.05, 3.63) is 40.2 Å². The molecule has 4 heteroatoms. The first-order valence-electron chi connectivity index (χ1n) is 4.97. The number of hydrogen-bond donors (Lipinski definition) is 2. The Morgan fingerprint density at radius 2 is 2.06 bits per heavy atom. The Morgan fingerprint density at radius 3 is 2.75 bits per heavy atom. The van der Waals surface area contributed by atoms with E-state index in [0.29, 0.717) is 5.69 Å². The molecule has 0 aliphatic heterocycles. The monoisotopic (exact) mass is 216 g/mol. The van der Waals surface area contributed by atoms with E-state index in [-0.39, 0.29) is 11.5 Å². The van der Waals surface area contributed by atoms with Gasteiger partial charge in [-0.05, 0) is 19.1 Å². The third kappa shape index (κ3) is 1.95. The number of pyridine rings is 1. The number of aromatic nitrogens is 1. The molecule has 1 heterocycles. The molecule has 0 bridgehead atoms. The molecule has 0 atom stereocenters. The summed E-state index contributed by atoms with van der Waals surface area (Å²) in [4.78, 5) is 25.1. The van der Waals surface area contributed by atoms with E-state index in [9.17, 15) is 9.59 Å². The van der Waals surface area contributed by atoms with Gasteiger partial charge in [-0.15, -0.1) is 0 Å². The van der Waals surface area contributed by atoms with Gasteiger partial charge in [0.05, 0.1) is 11.2 Å². The Morgan fingerprint density at radius 1 is 1.31 bits per heavy atom. The van der Waals surface area contributed by atoms with Crippen molar-refractivity contribution < 1.29 is 4.79 Å². The normalized spacial score (nSPS) is 10.4. The highest BCUT2D eigenvalue weighted by molar-refractivity contribution is 6.00. The molecule has 1 aromatic carbocycles. The number of rotatable bonds is 1. The van der Waals surface area contributed by atoms with Crippen molar-refractivity contribution in [2.24, 2.45) is 0 Å². The second-order valence-corrected chi connectivity index (χ2v) is 3.78. The van der Waals surface area contributed by atoms with Crippen LogP contribution in [0, 0.1) is 6.92 Å². The minimum Gasteiger partial charge on any atom is -0.326 e. The van der Waals surface area contributed by atoms with Gasteiger partial charge in [0.25, 0.3) is 0 Å². The van der Waals surface area contributed by atoms with Crippen LogP contribution in [0.4, 0.5) is 5.69 Å². The summed E-state index contributed by atoms with van der Waals surface area (Å²) in [7, 11) is 0.